The van der Waals surface area contributed by atoms with Crippen molar-refractivity contribution in [2.24, 2.45) is 0 Å². The minimum Gasteiger partial charge on any atom is -0.493 e. The zero-order valence-electron chi connectivity index (χ0n) is 14.3. The topological polar surface area (TPSA) is 69.0 Å². The molecule has 4 rings (SSSR count). The Kier molecular flexibility index (Phi) is 4.64. The second kappa shape index (κ2) is 7.39. The Morgan fingerprint density at radius 3 is 2.85 bits per heavy atom. The van der Waals surface area contributed by atoms with Crippen molar-refractivity contribution >= 4 is 5.91 Å². The van der Waals surface area contributed by atoms with Gasteiger partial charge in [0.1, 0.15) is 18.4 Å². The number of ether oxygens (including phenoxy) is 1. The van der Waals surface area contributed by atoms with Crippen molar-refractivity contribution in [3.63, 3.8) is 0 Å². The highest BCUT2D eigenvalue weighted by Gasteiger charge is 2.21. The van der Waals surface area contributed by atoms with Crippen LogP contribution in [-0.2, 0) is 6.54 Å². The zero-order chi connectivity index (χ0) is 17.8. The highest BCUT2D eigenvalue weighted by molar-refractivity contribution is 5.94. The first-order valence-corrected chi connectivity index (χ1v) is 8.73. The van der Waals surface area contributed by atoms with Gasteiger partial charge in [0.2, 0.25) is 0 Å². The fourth-order valence-electron chi connectivity index (χ4n) is 3.18. The largest absolute Gasteiger partial charge is 0.493 e. The van der Waals surface area contributed by atoms with Crippen LogP contribution in [0.5, 0.6) is 5.75 Å². The van der Waals surface area contributed by atoms with E-state index < -0.39 is 0 Å². The van der Waals surface area contributed by atoms with Gasteiger partial charge in [0.15, 0.2) is 0 Å². The lowest BCUT2D eigenvalue weighted by Gasteiger charge is -2.18. The summed E-state index contributed by atoms with van der Waals surface area (Å²) in [6.07, 6.45) is 4.96. The van der Waals surface area contributed by atoms with E-state index in [4.69, 9.17) is 4.74 Å². The molecule has 1 atom stereocenters. The minimum absolute atomic E-state index is 0.0315. The third-order valence-electron chi connectivity index (χ3n) is 4.52. The molecule has 1 N–H and O–H groups in total. The second-order valence-electron chi connectivity index (χ2n) is 6.34. The third kappa shape index (κ3) is 3.59. The predicted octanol–water partition coefficient (Wildman–Crippen LogP) is 2.97. The molecule has 132 valence electrons. The summed E-state index contributed by atoms with van der Waals surface area (Å²) in [6.45, 7) is 1.32. The molecule has 0 fully saturated rings. The van der Waals surface area contributed by atoms with E-state index in [1.54, 1.807) is 11.0 Å². The Morgan fingerprint density at radius 1 is 1.19 bits per heavy atom. The first-order valence-electron chi connectivity index (χ1n) is 8.73. The van der Waals surface area contributed by atoms with Gasteiger partial charge in [-0.1, -0.05) is 30.3 Å². The van der Waals surface area contributed by atoms with E-state index in [1.165, 1.54) is 6.33 Å². The average Bonchev–Trinajstić information content (AvgIpc) is 3.10. The number of hydrogen-bond donors (Lipinski definition) is 1. The van der Waals surface area contributed by atoms with Gasteiger partial charge < -0.3 is 10.1 Å². The smallest absolute Gasteiger partial charge is 0.251 e. The van der Waals surface area contributed by atoms with Gasteiger partial charge in [0, 0.05) is 11.1 Å². The molecule has 0 saturated carbocycles. The van der Waals surface area contributed by atoms with Crippen LogP contribution >= 0.6 is 0 Å². The maximum Gasteiger partial charge on any atom is 0.251 e. The highest BCUT2D eigenvalue weighted by atomic mass is 16.5. The molecule has 0 aliphatic carbocycles. The molecule has 26 heavy (non-hydrogen) atoms. The van der Waals surface area contributed by atoms with Gasteiger partial charge in [-0.2, -0.15) is 5.10 Å². The number of carbonyl (C=O) groups excluding carboxylic acids is 1. The van der Waals surface area contributed by atoms with Crippen LogP contribution in [0, 0.1) is 0 Å². The normalized spacial score (nSPS) is 16.2. The lowest BCUT2D eigenvalue weighted by molar-refractivity contribution is 0.0934. The highest BCUT2D eigenvalue weighted by Crippen LogP contribution is 2.31. The Balaban J connectivity index is 1.46. The summed E-state index contributed by atoms with van der Waals surface area (Å²) < 4.78 is 7.51. The van der Waals surface area contributed by atoms with Crippen molar-refractivity contribution in [1.29, 1.82) is 0 Å². The lowest BCUT2D eigenvalue weighted by atomic mass is 10.0. The van der Waals surface area contributed by atoms with Crippen LogP contribution in [0.4, 0.5) is 0 Å². The van der Waals surface area contributed by atoms with E-state index in [9.17, 15) is 4.79 Å². The number of benzene rings is 2. The second-order valence-corrected chi connectivity index (χ2v) is 6.34. The van der Waals surface area contributed by atoms with Gasteiger partial charge in [-0.15, -0.1) is 0 Å². The van der Waals surface area contributed by atoms with Crippen LogP contribution in [0.3, 0.4) is 0 Å². The van der Waals surface area contributed by atoms with Crippen LogP contribution in [0.2, 0.25) is 0 Å². The Hall–Kier alpha value is -3.15. The fraction of sp³-hybridized carbons (Fsp3) is 0.250. The molecule has 0 saturated heterocycles. The molecule has 2 aromatic carbocycles. The van der Waals surface area contributed by atoms with Gasteiger partial charge in [-0.3, -0.25) is 4.79 Å². The molecule has 0 bridgehead atoms. The van der Waals surface area contributed by atoms with Crippen molar-refractivity contribution in [1.82, 2.24) is 20.1 Å². The van der Waals surface area contributed by atoms with Crippen molar-refractivity contribution in [3.8, 4) is 5.75 Å². The van der Waals surface area contributed by atoms with E-state index >= 15 is 0 Å². The van der Waals surface area contributed by atoms with Gasteiger partial charge in [-0.25, -0.2) is 9.67 Å². The number of nitrogens with zero attached hydrogens (tertiary/aromatic N) is 3. The molecule has 6 heteroatoms. The molecule has 3 aromatic rings. The third-order valence-corrected chi connectivity index (χ3v) is 4.52. The summed E-state index contributed by atoms with van der Waals surface area (Å²) in [6, 6.07) is 15.5. The molecule has 2 heterocycles. The maximum absolute atomic E-state index is 12.7. The first kappa shape index (κ1) is 16.3. The minimum atomic E-state index is -0.0704. The van der Waals surface area contributed by atoms with Crippen LogP contribution in [0.1, 0.15) is 40.4 Å². The van der Waals surface area contributed by atoms with E-state index in [0.29, 0.717) is 18.7 Å². The standard InChI is InChI=1S/C20H20N4O2/c25-20(16-9-7-15(8-10-16)12-24-14-21-13-22-24)23-18-5-3-11-26-19-6-2-1-4-17(18)19/h1-2,4,6-10,13-14,18H,3,5,11-12H2,(H,23,25)/t18-/m1/s1. The van der Waals surface area contributed by atoms with Crippen LogP contribution in [0.25, 0.3) is 0 Å². The molecular weight excluding hydrogens is 328 g/mol. The number of fused-ring (bicyclic) bond motifs is 1. The molecule has 0 spiro atoms. The van der Waals surface area contributed by atoms with Gasteiger partial charge in [0.05, 0.1) is 19.2 Å². The van der Waals surface area contributed by atoms with E-state index in [-0.39, 0.29) is 11.9 Å². The van der Waals surface area contributed by atoms with Crippen molar-refractivity contribution in [2.75, 3.05) is 6.61 Å². The molecule has 6 nitrogen and oxygen atoms in total. The summed E-state index contributed by atoms with van der Waals surface area (Å²) in [5.74, 6) is 0.789. The summed E-state index contributed by atoms with van der Waals surface area (Å²) >= 11 is 0. The van der Waals surface area contributed by atoms with E-state index in [2.05, 4.69) is 15.4 Å². The van der Waals surface area contributed by atoms with E-state index in [0.717, 1.165) is 29.7 Å². The summed E-state index contributed by atoms with van der Waals surface area (Å²) in [4.78, 5) is 16.6. The lowest BCUT2D eigenvalue weighted by Crippen LogP contribution is -2.28. The number of aromatic nitrogens is 3. The van der Waals surface area contributed by atoms with Gasteiger partial charge in [-0.05, 0) is 36.6 Å². The monoisotopic (exact) mass is 348 g/mol. The van der Waals surface area contributed by atoms with Gasteiger partial charge >= 0.3 is 0 Å². The number of carbonyl (C=O) groups is 1. The van der Waals surface area contributed by atoms with Crippen LogP contribution in [-0.4, -0.2) is 27.3 Å². The molecule has 1 aromatic heterocycles. The van der Waals surface area contributed by atoms with Crippen molar-refractivity contribution < 1.29 is 9.53 Å². The van der Waals surface area contributed by atoms with Crippen LogP contribution in [0.15, 0.2) is 61.2 Å². The van der Waals surface area contributed by atoms with Crippen molar-refractivity contribution in [3.05, 3.63) is 77.9 Å². The summed E-state index contributed by atoms with van der Waals surface area (Å²) in [7, 11) is 0. The maximum atomic E-state index is 12.7. The van der Waals surface area contributed by atoms with Crippen LogP contribution < -0.4 is 10.1 Å². The van der Waals surface area contributed by atoms with Gasteiger partial charge in [0.25, 0.3) is 5.91 Å². The SMILES string of the molecule is O=C(N[C@@H]1CCCOc2ccccc21)c1ccc(Cn2cncn2)cc1. The summed E-state index contributed by atoms with van der Waals surface area (Å²) in [5.41, 5.74) is 2.76. The number of hydrogen-bond acceptors (Lipinski definition) is 4. The predicted molar refractivity (Wildman–Crippen MR) is 96.9 cm³/mol. The molecular formula is C20H20N4O2. The number of para-hydroxylation sites is 1. The zero-order valence-corrected chi connectivity index (χ0v) is 14.3. The molecule has 0 unspecified atom stereocenters. The van der Waals surface area contributed by atoms with E-state index in [1.807, 2.05) is 48.5 Å². The molecule has 1 aliphatic heterocycles. The first-order chi connectivity index (χ1) is 12.8. The molecule has 1 aliphatic rings. The fourth-order valence-corrected chi connectivity index (χ4v) is 3.18. The quantitative estimate of drug-likeness (QED) is 0.787. The Bertz CT molecular complexity index is 875. The van der Waals surface area contributed by atoms with Crippen molar-refractivity contribution in [2.45, 2.75) is 25.4 Å². The number of nitrogens with one attached hydrogen (secondary N) is 1. The Morgan fingerprint density at radius 2 is 2.04 bits per heavy atom. The molecule has 0 radical (unpaired) electrons. The average molecular weight is 348 g/mol. The molecule has 1 amide bonds. The number of rotatable bonds is 4. The summed E-state index contributed by atoms with van der Waals surface area (Å²) in [5, 5.41) is 7.24. The number of amides is 1. The Labute approximate surface area is 151 Å².